The normalized spacial score (nSPS) is 15.0. The van der Waals surface area contributed by atoms with Crippen LogP contribution in [0.1, 0.15) is 18.6 Å². The Labute approximate surface area is 241 Å². The number of carbonyl (C=O) groups excluding carboxylic acids is 1. The summed E-state index contributed by atoms with van der Waals surface area (Å²) in [5.41, 5.74) is 1.26. The lowest BCUT2D eigenvalue weighted by molar-refractivity contribution is -0.114. The van der Waals surface area contributed by atoms with Gasteiger partial charge in [0.25, 0.3) is 5.91 Å². The molecule has 1 atom stereocenters. The first-order valence-corrected chi connectivity index (χ1v) is 13.5. The van der Waals surface area contributed by atoms with Crippen LogP contribution in [0.25, 0.3) is 16.6 Å². The number of aliphatic imine (C=N–C) groups is 1. The van der Waals surface area contributed by atoms with Crippen molar-refractivity contribution >= 4 is 34.3 Å². The number of alkyl halides is 3. The molecule has 12 heteroatoms. The van der Waals surface area contributed by atoms with Crippen molar-refractivity contribution in [1.29, 1.82) is 0 Å². The van der Waals surface area contributed by atoms with Crippen LogP contribution in [-0.4, -0.2) is 45.5 Å². The lowest BCUT2D eigenvalue weighted by Crippen LogP contribution is -2.20. The minimum atomic E-state index is -4.61. The highest BCUT2D eigenvalue weighted by atomic mass is 32.2. The third-order valence-corrected chi connectivity index (χ3v) is 7.52. The highest BCUT2D eigenvalue weighted by Crippen LogP contribution is 2.37. The second kappa shape index (κ2) is 11.7. The van der Waals surface area contributed by atoms with Gasteiger partial charge in [0, 0.05) is 22.3 Å². The third kappa shape index (κ3) is 6.18. The number of halogens is 4. The molecule has 3 aromatic carbocycles. The van der Waals surface area contributed by atoms with Gasteiger partial charge in [0.15, 0.2) is 6.10 Å². The number of hydrogen-bond acceptors (Lipinski definition) is 6. The van der Waals surface area contributed by atoms with Crippen molar-refractivity contribution in [2.24, 2.45) is 4.99 Å². The van der Waals surface area contributed by atoms with Gasteiger partial charge in [0.1, 0.15) is 28.0 Å². The standard InChI is InChI=1S/C30H23F4N3O4S/c1-17(36-29(39)28-26(38)14-20(16-42-28)30(32,33)34)27(18-4-3-5-23(12-18)40-2)41-24-10-11-25-19(13-24)15-35-37(25)22-8-6-21(31)7-9-22/h3-15,27,38H,16H2,1-2H3/t27-/m0/s1. The summed E-state index contributed by atoms with van der Waals surface area (Å²) in [5.74, 6) is -1.61. The summed E-state index contributed by atoms with van der Waals surface area (Å²) in [7, 11) is 1.50. The lowest BCUT2D eigenvalue weighted by Gasteiger charge is -2.21. The molecule has 1 N–H and O–H groups in total. The Hall–Kier alpha value is -4.58. The molecule has 1 aromatic heterocycles. The quantitative estimate of drug-likeness (QED) is 0.178. The van der Waals surface area contributed by atoms with Crippen molar-refractivity contribution in [3.8, 4) is 17.2 Å². The molecule has 4 aromatic rings. The number of nitrogens with zero attached hydrogens (tertiary/aromatic N) is 3. The van der Waals surface area contributed by atoms with Gasteiger partial charge in [-0.1, -0.05) is 12.1 Å². The molecule has 0 bridgehead atoms. The zero-order valence-corrected chi connectivity index (χ0v) is 23.0. The fourth-order valence-electron chi connectivity index (χ4n) is 4.31. The maximum atomic E-state index is 13.4. The largest absolute Gasteiger partial charge is 0.507 e. The van der Waals surface area contributed by atoms with E-state index in [9.17, 15) is 27.5 Å². The van der Waals surface area contributed by atoms with Crippen LogP contribution in [-0.2, 0) is 4.79 Å². The zero-order chi connectivity index (χ0) is 30.0. The second-order valence-electron chi connectivity index (χ2n) is 9.26. The first-order valence-electron chi connectivity index (χ1n) is 12.5. The molecule has 2 heterocycles. The molecule has 1 aliphatic heterocycles. The van der Waals surface area contributed by atoms with E-state index in [0.29, 0.717) is 40.6 Å². The number of allylic oxidation sites excluding steroid dienone is 1. The Bertz CT molecular complexity index is 1740. The van der Waals surface area contributed by atoms with Gasteiger partial charge in [0.2, 0.25) is 0 Å². The number of aliphatic hydroxyl groups is 1. The number of hydrogen-bond donors (Lipinski definition) is 1. The van der Waals surface area contributed by atoms with Crippen molar-refractivity contribution in [2.75, 3.05) is 12.9 Å². The van der Waals surface area contributed by atoms with Gasteiger partial charge in [-0.05, 0) is 67.6 Å². The molecule has 0 unspecified atom stereocenters. The van der Waals surface area contributed by atoms with Crippen molar-refractivity contribution in [3.05, 3.63) is 107 Å². The monoisotopic (exact) mass is 597 g/mol. The fraction of sp³-hybridized carbons (Fsp3) is 0.167. The van der Waals surface area contributed by atoms with Crippen LogP contribution in [0.15, 0.2) is 100 Å². The Morgan fingerprint density at radius 3 is 2.55 bits per heavy atom. The number of methoxy groups -OCH3 is 1. The Kier molecular flexibility index (Phi) is 8.08. The van der Waals surface area contributed by atoms with Gasteiger partial charge in [-0.15, -0.1) is 11.8 Å². The molecule has 1 amide bonds. The summed E-state index contributed by atoms with van der Waals surface area (Å²) in [6, 6.07) is 18.1. The number of amides is 1. The molecule has 0 saturated heterocycles. The smallest absolute Gasteiger partial charge is 0.413 e. The zero-order valence-electron chi connectivity index (χ0n) is 22.2. The van der Waals surface area contributed by atoms with Crippen LogP contribution in [0.4, 0.5) is 17.6 Å². The molecule has 0 saturated carbocycles. The Morgan fingerprint density at radius 2 is 1.86 bits per heavy atom. The molecule has 5 rings (SSSR count). The summed E-state index contributed by atoms with van der Waals surface area (Å²) in [5, 5.41) is 15.3. The Morgan fingerprint density at radius 1 is 1.10 bits per heavy atom. The molecular weight excluding hydrogens is 574 g/mol. The van der Waals surface area contributed by atoms with E-state index in [0.717, 1.165) is 10.9 Å². The second-order valence-corrected chi connectivity index (χ2v) is 10.2. The third-order valence-electron chi connectivity index (χ3n) is 6.39. The first kappa shape index (κ1) is 28.9. The summed E-state index contributed by atoms with van der Waals surface area (Å²) >= 11 is 0.570. The predicted octanol–water partition coefficient (Wildman–Crippen LogP) is 7.29. The van der Waals surface area contributed by atoms with Crippen LogP contribution in [0.2, 0.25) is 0 Å². The van der Waals surface area contributed by atoms with Crippen molar-refractivity contribution in [3.63, 3.8) is 0 Å². The van der Waals surface area contributed by atoms with Crippen LogP contribution in [0, 0.1) is 5.82 Å². The molecular formula is C30H23F4N3O4S. The highest BCUT2D eigenvalue weighted by molar-refractivity contribution is 8.04. The average Bonchev–Trinajstić information content (AvgIpc) is 3.39. The lowest BCUT2D eigenvalue weighted by atomic mass is 10.0. The molecule has 42 heavy (non-hydrogen) atoms. The number of aliphatic hydroxyl groups excluding tert-OH is 1. The molecule has 1 aliphatic rings. The minimum absolute atomic E-state index is 0.196. The number of thioether (sulfide) groups is 1. The topological polar surface area (TPSA) is 85.9 Å². The maximum Gasteiger partial charge on any atom is 0.413 e. The minimum Gasteiger partial charge on any atom is -0.507 e. The van der Waals surface area contributed by atoms with Gasteiger partial charge in [-0.3, -0.25) is 4.79 Å². The number of ether oxygens (including phenoxy) is 2. The summed E-state index contributed by atoms with van der Waals surface area (Å²) in [4.78, 5) is 16.8. The van der Waals surface area contributed by atoms with Crippen LogP contribution >= 0.6 is 11.8 Å². The molecule has 0 aliphatic carbocycles. The summed E-state index contributed by atoms with van der Waals surface area (Å²) in [6.45, 7) is 1.55. The van der Waals surface area contributed by atoms with Crippen LogP contribution in [0.3, 0.4) is 0 Å². The van der Waals surface area contributed by atoms with Crippen molar-refractivity contribution in [2.45, 2.75) is 19.2 Å². The predicted molar refractivity (Wildman–Crippen MR) is 152 cm³/mol. The average molecular weight is 598 g/mol. The maximum absolute atomic E-state index is 13.4. The van der Waals surface area contributed by atoms with E-state index < -0.39 is 35.3 Å². The van der Waals surface area contributed by atoms with Gasteiger partial charge in [-0.2, -0.15) is 18.3 Å². The van der Waals surface area contributed by atoms with Gasteiger partial charge < -0.3 is 14.6 Å². The number of rotatable bonds is 7. The Balaban J connectivity index is 1.47. The summed E-state index contributed by atoms with van der Waals surface area (Å²) in [6.07, 6.45) is -3.33. The number of carbonyl (C=O) groups is 1. The van der Waals surface area contributed by atoms with Crippen molar-refractivity contribution in [1.82, 2.24) is 9.78 Å². The SMILES string of the molecule is COc1cccc([C@@H](Oc2ccc3c(cnn3-c3ccc(F)cc3)c2)C(C)=NC(=O)C2=C(O)C=C(C(F)(F)F)CS2)c1. The number of benzene rings is 3. The fourth-order valence-corrected chi connectivity index (χ4v) is 5.23. The van der Waals surface area contributed by atoms with Crippen LogP contribution in [0.5, 0.6) is 11.5 Å². The van der Waals surface area contributed by atoms with Gasteiger partial charge in [-0.25, -0.2) is 14.1 Å². The van der Waals surface area contributed by atoms with E-state index in [1.54, 1.807) is 72.4 Å². The molecule has 7 nitrogen and oxygen atoms in total. The molecule has 216 valence electrons. The van der Waals surface area contributed by atoms with Crippen molar-refractivity contribution < 1.29 is 36.9 Å². The first-order chi connectivity index (χ1) is 20.0. The molecule has 0 fully saturated rings. The number of fused-ring (bicyclic) bond motifs is 1. The van der Waals surface area contributed by atoms with Gasteiger partial charge in [0.05, 0.1) is 30.2 Å². The summed E-state index contributed by atoms with van der Waals surface area (Å²) < 4.78 is 65.8. The van der Waals surface area contributed by atoms with Crippen LogP contribution < -0.4 is 9.47 Å². The molecule has 0 spiro atoms. The van der Waals surface area contributed by atoms with E-state index in [1.165, 1.54) is 19.2 Å². The molecule has 0 radical (unpaired) electrons. The van der Waals surface area contributed by atoms with E-state index in [-0.39, 0.29) is 16.4 Å². The van der Waals surface area contributed by atoms with E-state index in [2.05, 4.69) is 10.1 Å². The van der Waals surface area contributed by atoms with Gasteiger partial charge >= 0.3 is 6.18 Å². The van der Waals surface area contributed by atoms with E-state index in [4.69, 9.17) is 9.47 Å². The van der Waals surface area contributed by atoms with E-state index in [1.807, 2.05) is 0 Å². The number of aromatic nitrogens is 2. The highest BCUT2D eigenvalue weighted by Gasteiger charge is 2.37. The van der Waals surface area contributed by atoms with E-state index >= 15 is 0 Å².